The molecule has 0 atom stereocenters. The first-order chi connectivity index (χ1) is 6.06. The number of carbonyl (C=O) groups is 1. The van der Waals surface area contributed by atoms with E-state index in [1.165, 1.54) is 11.3 Å². The van der Waals surface area contributed by atoms with Crippen molar-refractivity contribution in [3.63, 3.8) is 0 Å². The van der Waals surface area contributed by atoms with Crippen LogP contribution in [0.25, 0.3) is 0 Å². The van der Waals surface area contributed by atoms with Crippen LogP contribution in [0.15, 0.2) is 10.3 Å². The molecule has 1 heterocycles. The summed E-state index contributed by atoms with van der Waals surface area (Å²) < 4.78 is 1.10. The standard InChI is InChI=1S/C9H13NOS2/c1-5(2)8(11)9-6(10)4-7(12-3)13-9/h4-5H,10H2,1-3H3. The van der Waals surface area contributed by atoms with E-state index in [1.54, 1.807) is 11.8 Å². The number of thiophene rings is 1. The maximum Gasteiger partial charge on any atom is 0.177 e. The van der Waals surface area contributed by atoms with Crippen LogP contribution in [-0.2, 0) is 0 Å². The van der Waals surface area contributed by atoms with E-state index in [0.717, 1.165) is 4.21 Å². The molecule has 0 aromatic carbocycles. The molecule has 0 saturated heterocycles. The van der Waals surface area contributed by atoms with Crippen molar-refractivity contribution in [1.29, 1.82) is 0 Å². The van der Waals surface area contributed by atoms with Crippen LogP contribution in [0, 0.1) is 5.92 Å². The lowest BCUT2D eigenvalue weighted by Gasteiger charge is -2.01. The molecule has 13 heavy (non-hydrogen) atoms. The molecule has 0 fully saturated rings. The number of carbonyl (C=O) groups excluding carboxylic acids is 1. The van der Waals surface area contributed by atoms with Gasteiger partial charge in [-0.1, -0.05) is 13.8 Å². The minimum atomic E-state index is 0.0238. The number of anilines is 1. The summed E-state index contributed by atoms with van der Waals surface area (Å²) in [5.41, 5.74) is 6.35. The van der Waals surface area contributed by atoms with Gasteiger partial charge in [0.1, 0.15) is 0 Å². The van der Waals surface area contributed by atoms with Gasteiger partial charge in [0, 0.05) is 5.92 Å². The number of nitrogen functional groups attached to an aromatic ring is 1. The van der Waals surface area contributed by atoms with Crippen molar-refractivity contribution < 1.29 is 4.79 Å². The first-order valence-corrected chi connectivity index (χ1v) is 6.08. The van der Waals surface area contributed by atoms with Crippen LogP contribution in [-0.4, -0.2) is 12.0 Å². The van der Waals surface area contributed by atoms with Crippen molar-refractivity contribution >= 4 is 34.6 Å². The molecule has 0 aliphatic rings. The molecule has 0 bridgehead atoms. The number of rotatable bonds is 3. The molecule has 2 nitrogen and oxygen atoms in total. The third-order valence-corrected chi connectivity index (χ3v) is 3.92. The van der Waals surface area contributed by atoms with Gasteiger partial charge in [-0.15, -0.1) is 23.1 Å². The highest BCUT2D eigenvalue weighted by Gasteiger charge is 2.16. The maximum absolute atomic E-state index is 11.6. The van der Waals surface area contributed by atoms with E-state index in [9.17, 15) is 4.79 Å². The summed E-state index contributed by atoms with van der Waals surface area (Å²) in [6.45, 7) is 3.78. The quantitative estimate of drug-likeness (QED) is 0.623. The Morgan fingerprint density at radius 3 is 2.62 bits per heavy atom. The predicted octanol–water partition coefficient (Wildman–Crippen LogP) is 2.89. The van der Waals surface area contributed by atoms with Gasteiger partial charge in [0.05, 0.1) is 14.8 Å². The van der Waals surface area contributed by atoms with Gasteiger partial charge in [-0.2, -0.15) is 0 Å². The molecule has 1 rings (SSSR count). The lowest BCUT2D eigenvalue weighted by molar-refractivity contribution is 0.0944. The molecule has 1 aromatic rings. The molecule has 1 aromatic heterocycles. The molecule has 72 valence electrons. The molecule has 0 unspecified atom stereocenters. The monoisotopic (exact) mass is 215 g/mol. The van der Waals surface area contributed by atoms with E-state index < -0.39 is 0 Å². The fourth-order valence-electron chi connectivity index (χ4n) is 0.937. The number of thioether (sulfide) groups is 1. The second kappa shape index (κ2) is 4.15. The predicted molar refractivity (Wildman–Crippen MR) is 59.7 cm³/mol. The first-order valence-electron chi connectivity index (χ1n) is 4.03. The SMILES string of the molecule is CSc1cc(N)c(C(=O)C(C)C)s1. The van der Waals surface area contributed by atoms with Gasteiger partial charge in [-0.25, -0.2) is 0 Å². The lowest BCUT2D eigenvalue weighted by Crippen LogP contribution is -2.07. The number of hydrogen-bond donors (Lipinski definition) is 1. The van der Waals surface area contributed by atoms with E-state index in [2.05, 4.69) is 0 Å². The summed E-state index contributed by atoms with van der Waals surface area (Å²) in [4.78, 5) is 12.3. The Kier molecular flexibility index (Phi) is 3.39. The molecule has 0 spiro atoms. The van der Waals surface area contributed by atoms with Gasteiger partial charge >= 0.3 is 0 Å². The Morgan fingerprint density at radius 1 is 1.62 bits per heavy atom. The number of Topliss-reactive ketones (excluding diaryl/α,β-unsaturated/α-hetero) is 1. The van der Waals surface area contributed by atoms with E-state index >= 15 is 0 Å². The summed E-state index contributed by atoms with van der Waals surface area (Å²) in [5, 5.41) is 0. The Morgan fingerprint density at radius 2 is 2.23 bits per heavy atom. The zero-order valence-electron chi connectivity index (χ0n) is 7.96. The number of hydrogen-bond acceptors (Lipinski definition) is 4. The lowest BCUT2D eigenvalue weighted by atomic mass is 10.1. The van der Waals surface area contributed by atoms with E-state index in [4.69, 9.17) is 5.73 Å². The number of nitrogens with two attached hydrogens (primary N) is 1. The summed E-state index contributed by atoms with van der Waals surface area (Å²) in [6, 6.07) is 1.87. The normalized spacial score (nSPS) is 10.8. The van der Waals surface area contributed by atoms with Crippen LogP contribution in [0.2, 0.25) is 0 Å². The zero-order valence-corrected chi connectivity index (χ0v) is 9.59. The van der Waals surface area contributed by atoms with Crippen molar-refractivity contribution in [2.75, 3.05) is 12.0 Å². The third kappa shape index (κ3) is 2.25. The van der Waals surface area contributed by atoms with E-state index in [-0.39, 0.29) is 11.7 Å². The van der Waals surface area contributed by atoms with Crippen molar-refractivity contribution in [3.8, 4) is 0 Å². The van der Waals surface area contributed by atoms with Gasteiger partial charge < -0.3 is 5.73 Å². The van der Waals surface area contributed by atoms with Gasteiger partial charge in [-0.05, 0) is 12.3 Å². The summed E-state index contributed by atoms with van der Waals surface area (Å²) in [7, 11) is 0. The maximum atomic E-state index is 11.6. The molecule has 0 radical (unpaired) electrons. The van der Waals surface area contributed by atoms with Crippen molar-refractivity contribution in [3.05, 3.63) is 10.9 Å². The summed E-state index contributed by atoms with van der Waals surface area (Å²) >= 11 is 3.10. The van der Waals surface area contributed by atoms with Crippen LogP contribution >= 0.6 is 23.1 Å². The fraction of sp³-hybridized carbons (Fsp3) is 0.444. The highest BCUT2D eigenvalue weighted by Crippen LogP contribution is 2.32. The van der Waals surface area contributed by atoms with Crippen LogP contribution < -0.4 is 5.73 Å². The van der Waals surface area contributed by atoms with E-state index in [0.29, 0.717) is 10.6 Å². The van der Waals surface area contributed by atoms with Crippen molar-refractivity contribution in [2.24, 2.45) is 5.92 Å². The minimum absolute atomic E-state index is 0.0238. The molecule has 0 saturated carbocycles. The Hall–Kier alpha value is -0.480. The molecule has 4 heteroatoms. The van der Waals surface area contributed by atoms with Crippen molar-refractivity contribution in [2.45, 2.75) is 18.1 Å². The average Bonchev–Trinajstić information content (AvgIpc) is 2.45. The Balaban J connectivity index is 3.00. The summed E-state index contributed by atoms with van der Waals surface area (Å²) in [5.74, 6) is 0.165. The Bertz CT molecular complexity index is 317. The van der Waals surface area contributed by atoms with E-state index in [1.807, 2.05) is 26.2 Å². The van der Waals surface area contributed by atoms with Gasteiger partial charge in [0.2, 0.25) is 0 Å². The Labute approximate surface area is 86.5 Å². The molecule has 0 aliphatic heterocycles. The highest BCUT2D eigenvalue weighted by atomic mass is 32.2. The van der Waals surface area contributed by atoms with Crippen LogP contribution in [0.5, 0.6) is 0 Å². The van der Waals surface area contributed by atoms with Crippen LogP contribution in [0.4, 0.5) is 5.69 Å². The van der Waals surface area contributed by atoms with Crippen molar-refractivity contribution in [1.82, 2.24) is 0 Å². The topological polar surface area (TPSA) is 43.1 Å². The third-order valence-electron chi connectivity index (χ3n) is 1.69. The highest BCUT2D eigenvalue weighted by molar-refractivity contribution is 8.00. The zero-order chi connectivity index (χ0) is 10.0. The fourth-order valence-corrected chi connectivity index (χ4v) is 2.67. The number of ketones is 1. The second-order valence-corrected chi connectivity index (χ2v) is 5.23. The molecule has 0 aliphatic carbocycles. The molecule has 0 amide bonds. The largest absolute Gasteiger partial charge is 0.397 e. The molecular weight excluding hydrogens is 202 g/mol. The second-order valence-electron chi connectivity index (χ2n) is 3.07. The van der Waals surface area contributed by atoms with Gasteiger partial charge in [0.25, 0.3) is 0 Å². The van der Waals surface area contributed by atoms with Crippen LogP contribution in [0.1, 0.15) is 23.5 Å². The van der Waals surface area contributed by atoms with Gasteiger partial charge in [-0.3, -0.25) is 4.79 Å². The first kappa shape index (κ1) is 10.6. The minimum Gasteiger partial charge on any atom is -0.397 e. The summed E-state index contributed by atoms with van der Waals surface area (Å²) in [6.07, 6.45) is 1.98. The van der Waals surface area contributed by atoms with Gasteiger partial charge in [0.15, 0.2) is 5.78 Å². The van der Waals surface area contributed by atoms with Crippen LogP contribution in [0.3, 0.4) is 0 Å². The smallest absolute Gasteiger partial charge is 0.177 e. The molecular formula is C9H13NOS2. The molecule has 2 N–H and O–H groups in total. The average molecular weight is 215 g/mol.